The van der Waals surface area contributed by atoms with Crippen LogP contribution in [0.15, 0.2) is 18.2 Å². The normalized spacial score (nSPS) is 33.0. The minimum absolute atomic E-state index is 0.253. The van der Waals surface area contributed by atoms with Gasteiger partial charge in [0.05, 0.1) is 15.6 Å². The molecule has 0 heterocycles. The fourth-order valence-corrected chi connectivity index (χ4v) is 6.60. The number of hydrogen-bond acceptors (Lipinski definition) is 2. The van der Waals surface area contributed by atoms with Gasteiger partial charge in [0.2, 0.25) is 0 Å². The summed E-state index contributed by atoms with van der Waals surface area (Å²) < 4.78 is 0. The van der Waals surface area contributed by atoms with Crippen LogP contribution >= 0.6 is 35.4 Å². The lowest BCUT2D eigenvalue weighted by Crippen LogP contribution is -2.57. The number of carbonyl (C=O) groups excluding carboxylic acids is 1. The van der Waals surface area contributed by atoms with Crippen LogP contribution < -0.4 is 10.6 Å². The van der Waals surface area contributed by atoms with Gasteiger partial charge >= 0.3 is 0 Å². The Bertz CT molecular complexity index is 716. The highest BCUT2D eigenvalue weighted by molar-refractivity contribution is 7.80. The number of benzene rings is 1. The van der Waals surface area contributed by atoms with Gasteiger partial charge in [0, 0.05) is 6.04 Å². The first kappa shape index (κ1) is 18.5. The molecular weight excluding hydrogens is 387 g/mol. The molecule has 0 radical (unpaired) electrons. The first-order valence-corrected chi connectivity index (χ1v) is 10.6. The zero-order chi connectivity index (χ0) is 18.5. The molecule has 1 amide bonds. The van der Waals surface area contributed by atoms with Gasteiger partial charge in [-0.15, -0.1) is 0 Å². The minimum atomic E-state index is -0.326. The smallest absolute Gasteiger partial charge is 0.258 e. The summed E-state index contributed by atoms with van der Waals surface area (Å²) in [5, 5.41) is 7.14. The van der Waals surface area contributed by atoms with Crippen molar-refractivity contribution >= 4 is 46.4 Å². The zero-order valence-corrected chi connectivity index (χ0v) is 17.2. The first-order valence-electron chi connectivity index (χ1n) is 9.42. The molecule has 4 saturated carbocycles. The SMILES string of the molecule is CC(NC(=S)NC(=O)c1cccc(Cl)c1Cl)C12CC3CC(CC(C3)C1)C2. The molecule has 4 fully saturated rings. The van der Waals surface area contributed by atoms with E-state index in [-0.39, 0.29) is 17.0 Å². The van der Waals surface area contributed by atoms with Crippen LogP contribution in [-0.4, -0.2) is 17.1 Å². The van der Waals surface area contributed by atoms with Crippen molar-refractivity contribution in [3.8, 4) is 0 Å². The number of hydrogen-bond donors (Lipinski definition) is 2. The van der Waals surface area contributed by atoms with Gasteiger partial charge < -0.3 is 5.32 Å². The predicted molar refractivity (Wildman–Crippen MR) is 110 cm³/mol. The number of carbonyl (C=O) groups is 1. The Balaban J connectivity index is 1.40. The summed E-state index contributed by atoms with van der Waals surface area (Å²) in [6, 6.07) is 5.28. The van der Waals surface area contributed by atoms with E-state index in [0.717, 1.165) is 17.8 Å². The maximum absolute atomic E-state index is 12.5. The van der Waals surface area contributed by atoms with Crippen LogP contribution in [0.2, 0.25) is 10.0 Å². The summed E-state index contributed by atoms with van der Waals surface area (Å²) in [6.45, 7) is 2.22. The monoisotopic (exact) mass is 410 g/mol. The van der Waals surface area contributed by atoms with Crippen LogP contribution in [0.1, 0.15) is 55.8 Å². The third kappa shape index (κ3) is 3.36. The molecule has 1 unspecified atom stereocenters. The van der Waals surface area contributed by atoms with Gasteiger partial charge in [-0.05, 0) is 93.0 Å². The average Bonchev–Trinajstić information content (AvgIpc) is 2.55. The molecule has 5 rings (SSSR count). The Kier molecular flexibility index (Phi) is 4.96. The van der Waals surface area contributed by atoms with Crippen molar-refractivity contribution in [3.05, 3.63) is 33.8 Å². The molecule has 4 aliphatic carbocycles. The predicted octanol–water partition coefficient (Wildman–Crippen LogP) is 5.20. The molecule has 1 atom stereocenters. The molecule has 0 aromatic heterocycles. The van der Waals surface area contributed by atoms with Crippen molar-refractivity contribution in [1.29, 1.82) is 0 Å². The lowest BCUT2D eigenvalue weighted by atomic mass is 9.48. The Hall–Kier alpha value is -0.840. The Labute approximate surface area is 170 Å². The van der Waals surface area contributed by atoms with Gasteiger partial charge in [-0.3, -0.25) is 10.1 Å². The molecule has 0 aliphatic heterocycles. The topological polar surface area (TPSA) is 41.1 Å². The van der Waals surface area contributed by atoms with Crippen LogP contribution in [0.25, 0.3) is 0 Å². The van der Waals surface area contributed by atoms with E-state index >= 15 is 0 Å². The Morgan fingerprint density at radius 1 is 1.15 bits per heavy atom. The lowest BCUT2D eigenvalue weighted by molar-refractivity contribution is -0.0672. The third-order valence-electron chi connectivity index (χ3n) is 6.78. The summed E-state index contributed by atoms with van der Waals surface area (Å²) in [7, 11) is 0. The number of rotatable bonds is 3. The van der Waals surface area contributed by atoms with E-state index in [9.17, 15) is 4.79 Å². The second-order valence-electron chi connectivity index (χ2n) is 8.53. The number of amides is 1. The highest BCUT2D eigenvalue weighted by Crippen LogP contribution is 2.61. The Morgan fingerprint density at radius 2 is 1.73 bits per heavy atom. The van der Waals surface area contributed by atoms with Crippen molar-refractivity contribution in [3.63, 3.8) is 0 Å². The third-order valence-corrected chi connectivity index (χ3v) is 7.81. The van der Waals surface area contributed by atoms with Crippen molar-refractivity contribution < 1.29 is 4.79 Å². The van der Waals surface area contributed by atoms with E-state index in [2.05, 4.69) is 17.6 Å². The van der Waals surface area contributed by atoms with Crippen LogP contribution in [0.4, 0.5) is 0 Å². The second-order valence-corrected chi connectivity index (χ2v) is 9.72. The van der Waals surface area contributed by atoms with E-state index in [1.165, 1.54) is 38.5 Å². The van der Waals surface area contributed by atoms with Crippen molar-refractivity contribution in [1.82, 2.24) is 10.6 Å². The van der Waals surface area contributed by atoms with Crippen molar-refractivity contribution in [2.24, 2.45) is 23.2 Å². The van der Waals surface area contributed by atoms with Gasteiger partial charge in [-0.25, -0.2) is 0 Å². The number of thiocarbonyl (C=S) groups is 1. The molecule has 140 valence electrons. The molecule has 4 bridgehead atoms. The van der Waals surface area contributed by atoms with E-state index in [4.69, 9.17) is 35.4 Å². The molecule has 3 nitrogen and oxygen atoms in total. The molecule has 0 spiro atoms. The molecular formula is C20H24Cl2N2OS. The lowest BCUT2D eigenvalue weighted by Gasteiger charge is -2.59. The summed E-state index contributed by atoms with van der Waals surface area (Å²) >= 11 is 17.5. The minimum Gasteiger partial charge on any atom is -0.359 e. The summed E-state index contributed by atoms with van der Waals surface area (Å²) in [6.07, 6.45) is 8.14. The van der Waals surface area contributed by atoms with Gasteiger partial charge in [0.1, 0.15) is 0 Å². The van der Waals surface area contributed by atoms with Gasteiger partial charge in [0.25, 0.3) is 5.91 Å². The Morgan fingerprint density at radius 3 is 2.31 bits per heavy atom. The van der Waals surface area contributed by atoms with Crippen molar-refractivity contribution in [2.45, 2.75) is 51.5 Å². The quantitative estimate of drug-likeness (QED) is 0.672. The van der Waals surface area contributed by atoms with Crippen LogP contribution in [0, 0.1) is 23.2 Å². The molecule has 6 heteroatoms. The van der Waals surface area contributed by atoms with Crippen LogP contribution in [0.3, 0.4) is 0 Å². The highest BCUT2D eigenvalue weighted by Gasteiger charge is 2.53. The van der Waals surface area contributed by atoms with Crippen LogP contribution in [-0.2, 0) is 0 Å². The van der Waals surface area contributed by atoms with E-state index < -0.39 is 0 Å². The molecule has 0 saturated heterocycles. The summed E-state index contributed by atoms with van der Waals surface area (Å²) in [4.78, 5) is 12.5. The fraction of sp³-hybridized carbons (Fsp3) is 0.600. The fourth-order valence-electron chi connectivity index (χ4n) is 5.94. The molecule has 26 heavy (non-hydrogen) atoms. The maximum Gasteiger partial charge on any atom is 0.258 e. The first-order chi connectivity index (χ1) is 12.4. The second kappa shape index (κ2) is 6.96. The summed E-state index contributed by atoms with van der Waals surface area (Å²) in [5.41, 5.74) is 0.669. The molecule has 1 aromatic carbocycles. The average molecular weight is 411 g/mol. The highest BCUT2D eigenvalue weighted by atomic mass is 35.5. The van der Waals surface area contributed by atoms with Gasteiger partial charge in [0.15, 0.2) is 5.11 Å². The largest absolute Gasteiger partial charge is 0.359 e. The van der Waals surface area contributed by atoms with Gasteiger partial charge in [-0.2, -0.15) is 0 Å². The van der Waals surface area contributed by atoms with Crippen LogP contribution in [0.5, 0.6) is 0 Å². The van der Waals surface area contributed by atoms with E-state index in [1.54, 1.807) is 18.2 Å². The van der Waals surface area contributed by atoms with Crippen molar-refractivity contribution in [2.75, 3.05) is 0 Å². The number of nitrogens with one attached hydrogen (secondary N) is 2. The molecule has 1 aromatic rings. The molecule has 2 N–H and O–H groups in total. The van der Waals surface area contributed by atoms with E-state index in [0.29, 0.717) is 21.1 Å². The number of halogens is 2. The maximum atomic E-state index is 12.5. The standard InChI is InChI=1S/C20H24Cl2N2OS/c1-11(20-8-12-5-13(9-20)7-14(6-12)10-20)23-19(26)24-18(25)15-3-2-4-16(21)17(15)22/h2-4,11-14H,5-10H2,1H3,(H2,23,24,25,26). The summed E-state index contributed by atoms with van der Waals surface area (Å²) in [5.74, 6) is 2.34. The molecule has 4 aliphatic rings. The zero-order valence-electron chi connectivity index (χ0n) is 14.9. The van der Waals surface area contributed by atoms with E-state index in [1.807, 2.05) is 0 Å². The van der Waals surface area contributed by atoms with Gasteiger partial charge in [-0.1, -0.05) is 29.3 Å².